The van der Waals surface area contributed by atoms with E-state index in [1.165, 1.54) is 18.2 Å². The number of para-hydroxylation sites is 1. The summed E-state index contributed by atoms with van der Waals surface area (Å²) in [5.74, 6) is 0. The maximum Gasteiger partial charge on any atom is 0.420 e. The second-order valence-corrected chi connectivity index (χ2v) is 2.94. The van der Waals surface area contributed by atoms with E-state index in [1.807, 2.05) is 0 Å². The predicted molar refractivity (Wildman–Crippen MR) is 45.9 cm³/mol. The summed E-state index contributed by atoms with van der Waals surface area (Å²) >= 11 is 0. The van der Waals surface area contributed by atoms with Crippen molar-refractivity contribution < 1.29 is 17.6 Å². The van der Waals surface area contributed by atoms with E-state index in [-0.39, 0.29) is 16.5 Å². The van der Waals surface area contributed by atoms with Crippen molar-refractivity contribution in [1.29, 1.82) is 5.26 Å². The SMILES string of the molecule is N#Cc1cccc2c(C(F)(F)F)coc12. The van der Waals surface area contributed by atoms with E-state index in [0.29, 0.717) is 6.26 Å². The van der Waals surface area contributed by atoms with E-state index in [0.717, 1.165) is 0 Å². The molecular formula is C10H4F3NO. The minimum absolute atomic E-state index is 0.0210. The zero-order valence-corrected chi connectivity index (χ0v) is 7.30. The number of hydrogen-bond acceptors (Lipinski definition) is 2. The third-order valence-corrected chi connectivity index (χ3v) is 2.03. The summed E-state index contributed by atoms with van der Waals surface area (Å²) in [4.78, 5) is 0. The van der Waals surface area contributed by atoms with Crippen LogP contribution in [0.15, 0.2) is 28.9 Å². The van der Waals surface area contributed by atoms with Crippen LogP contribution >= 0.6 is 0 Å². The van der Waals surface area contributed by atoms with Crippen LogP contribution in [0, 0.1) is 11.3 Å². The highest BCUT2D eigenvalue weighted by Crippen LogP contribution is 2.36. The summed E-state index contributed by atoms with van der Waals surface area (Å²) in [5.41, 5.74) is -0.773. The lowest BCUT2D eigenvalue weighted by Crippen LogP contribution is -2.03. The van der Waals surface area contributed by atoms with E-state index < -0.39 is 11.7 Å². The fourth-order valence-electron chi connectivity index (χ4n) is 1.36. The molecule has 0 atom stereocenters. The van der Waals surface area contributed by atoms with Crippen LogP contribution in [0.3, 0.4) is 0 Å². The van der Waals surface area contributed by atoms with Gasteiger partial charge in [-0.1, -0.05) is 12.1 Å². The molecule has 0 fully saturated rings. The van der Waals surface area contributed by atoms with Crippen molar-refractivity contribution in [2.45, 2.75) is 6.18 Å². The number of alkyl halides is 3. The molecule has 15 heavy (non-hydrogen) atoms. The van der Waals surface area contributed by atoms with Gasteiger partial charge in [0.2, 0.25) is 0 Å². The summed E-state index contributed by atoms with van der Waals surface area (Å²) in [6, 6.07) is 5.86. The number of hydrogen-bond donors (Lipinski definition) is 0. The summed E-state index contributed by atoms with van der Waals surface area (Å²) in [6.07, 6.45) is -3.83. The molecule has 0 N–H and O–H groups in total. The maximum absolute atomic E-state index is 12.4. The molecule has 1 aromatic carbocycles. The van der Waals surface area contributed by atoms with Crippen LogP contribution in [-0.2, 0) is 6.18 Å². The smallest absolute Gasteiger partial charge is 0.420 e. The molecule has 1 heterocycles. The summed E-state index contributed by atoms with van der Waals surface area (Å²) < 4.78 is 42.1. The molecule has 2 nitrogen and oxygen atoms in total. The first-order valence-corrected chi connectivity index (χ1v) is 4.01. The normalized spacial score (nSPS) is 11.6. The third kappa shape index (κ3) is 1.44. The third-order valence-electron chi connectivity index (χ3n) is 2.03. The second kappa shape index (κ2) is 3.02. The van der Waals surface area contributed by atoms with E-state index in [9.17, 15) is 13.2 Å². The molecule has 0 radical (unpaired) electrons. The minimum Gasteiger partial charge on any atom is -0.462 e. The van der Waals surface area contributed by atoms with Gasteiger partial charge in [0.05, 0.1) is 5.56 Å². The van der Waals surface area contributed by atoms with Gasteiger partial charge in [0.1, 0.15) is 17.9 Å². The molecule has 0 aliphatic rings. The lowest BCUT2D eigenvalue weighted by molar-refractivity contribution is -0.136. The molecule has 0 amide bonds. The molecule has 0 aliphatic heterocycles. The highest BCUT2D eigenvalue weighted by atomic mass is 19.4. The van der Waals surface area contributed by atoms with Gasteiger partial charge >= 0.3 is 6.18 Å². The molecule has 2 rings (SSSR count). The van der Waals surface area contributed by atoms with Gasteiger partial charge in [0, 0.05) is 5.39 Å². The Bertz CT molecular complexity index is 548. The van der Waals surface area contributed by atoms with E-state index >= 15 is 0 Å². The fraction of sp³-hybridized carbons (Fsp3) is 0.100. The number of rotatable bonds is 0. The molecule has 0 unspecified atom stereocenters. The first-order valence-electron chi connectivity index (χ1n) is 4.01. The van der Waals surface area contributed by atoms with Crippen molar-refractivity contribution in [3.05, 3.63) is 35.6 Å². The predicted octanol–water partition coefficient (Wildman–Crippen LogP) is 3.32. The topological polar surface area (TPSA) is 36.9 Å². The Morgan fingerprint density at radius 3 is 2.60 bits per heavy atom. The van der Waals surface area contributed by atoms with Gasteiger partial charge in [-0.05, 0) is 6.07 Å². The monoisotopic (exact) mass is 211 g/mol. The summed E-state index contributed by atoms with van der Waals surface area (Å²) in [6.45, 7) is 0. The average molecular weight is 211 g/mol. The molecule has 0 aliphatic carbocycles. The van der Waals surface area contributed by atoms with Gasteiger partial charge in [-0.3, -0.25) is 0 Å². The van der Waals surface area contributed by atoms with Crippen LogP contribution in [0.2, 0.25) is 0 Å². The van der Waals surface area contributed by atoms with Crippen molar-refractivity contribution in [2.75, 3.05) is 0 Å². The van der Waals surface area contributed by atoms with Crippen LogP contribution in [0.1, 0.15) is 11.1 Å². The van der Waals surface area contributed by atoms with E-state index in [4.69, 9.17) is 9.68 Å². The Labute approximate surface area is 82.5 Å². The van der Waals surface area contributed by atoms with E-state index in [1.54, 1.807) is 6.07 Å². The first-order chi connectivity index (χ1) is 7.04. The van der Waals surface area contributed by atoms with Crippen LogP contribution in [-0.4, -0.2) is 0 Å². The fourth-order valence-corrected chi connectivity index (χ4v) is 1.36. The number of nitrogens with zero attached hydrogens (tertiary/aromatic N) is 1. The lowest BCUT2D eigenvalue weighted by Gasteiger charge is -2.02. The molecule has 76 valence electrons. The minimum atomic E-state index is -4.46. The summed E-state index contributed by atoms with van der Waals surface area (Å²) in [5, 5.41) is 8.57. The Morgan fingerprint density at radius 2 is 2.00 bits per heavy atom. The molecule has 0 saturated carbocycles. The molecule has 0 spiro atoms. The number of nitriles is 1. The van der Waals surface area contributed by atoms with Gasteiger partial charge in [-0.2, -0.15) is 18.4 Å². The molecule has 5 heteroatoms. The van der Waals surface area contributed by atoms with Gasteiger partial charge in [-0.15, -0.1) is 0 Å². The summed E-state index contributed by atoms with van der Waals surface area (Å²) in [7, 11) is 0. The number of benzene rings is 1. The van der Waals surface area contributed by atoms with Gasteiger partial charge in [0.25, 0.3) is 0 Å². The van der Waals surface area contributed by atoms with Crippen LogP contribution in [0.5, 0.6) is 0 Å². The Kier molecular flexibility index (Phi) is 1.93. The zero-order valence-electron chi connectivity index (χ0n) is 7.30. The largest absolute Gasteiger partial charge is 0.462 e. The molecule has 1 aromatic heterocycles. The number of fused-ring (bicyclic) bond motifs is 1. The Hall–Kier alpha value is -1.96. The highest BCUT2D eigenvalue weighted by molar-refractivity contribution is 5.86. The average Bonchev–Trinajstić information content (AvgIpc) is 2.59. The zero-order chi connectivity index (χ0) is 11.1. The van der Waals surface area contributed by atoms with Crippen molar-refractivity contribution >= 4 is 11.0 Å². The highest BCUT2D eigenvalue weighted by Gasteiger charge is 2.34. The van der Waals surface area contributed by atoms with Crippen molar-refractivity contribution in [1.82, 2.24) is 0 Å². The molecule has 2 aromatic rings. The van der Waals surface area contributed by atoms with Crippen LogP contribution < -0.4 is 0 Å². The van der Waals surface area contributed by atoms with Gasteiger partial charge in [0.15, 0.2) is 5.58 Å². The Balaban J connectivity index is 2.79. The maximum atomic E-state index is 12.4. The van der Waals surface area contributed by atoms with Crippen molar-refractivity contribution in [3.63, 3.8) is 0 Å². The lowest BCUT2D eigenvalue weighted by atomic mass is 10.1. The molecular weight excluding hydrogens is 207 g/mol. The molecule has 0 saturated heterocycles. The van der Waals surface area contributed by atoms with E-state index in [2.05, 4.69) is 0 Å². The van der Waals surface area contributed by atoms with Gasteiger partial charge in [-0.25, -0.2) is 0 Å². The Morgan fingerprint density at radius 1 is 1.27 bits per heavy atom. The van der Waals surface area contributed by atoms with Gasteiger partial charge < -0.3 is 4.42 Å². The van der Waals surface area contributed by atoms with Crippen molar-refractivity contribution in [3.8, 4) is 6.07 Å². The van der Waals surface area contributed by atoms with Crippen molar-refractivity contribution in [2.24, 2.45) is 0 Å². The quantitative estimate of drug-likeness (QED) is 0.670. The van der Waals surface area contributed by atoms with Crippen LogP contribution in [0.25, 0.3) is 11.0 Å². The standard InChI is InChI=1S/C10H4F3NO/c11-10(12,13)8-5-15-9-6(4-14)2-1-3-7(8)9/h1-3,5H. The second-order valence-electron chi connectivity index (χ2n) is 2.94. The first kappa shape index (κ1) is 9.59. The van der Waals surface area contributed by atoms with Crippen LogP contribution in [0.4, 0.5) is 13.2 Å². The number of furan rings is 1. The molecule has 0 bridgehead atoms. The number of halogens is 3.